The number of halogens is 1. The Kier molecular flexibility index (Phi) is 3.57. The average Bonchev–Trinajstić information content (AvgIpc) is 2.72. The van der Waals surface area contributed by atoms with Crippen molar-refractivity contribution in [2.45, 2.75) is 13.1 Å². The Morgan fingerprint density at radius 2 is 2.33 bits per heavy atom. The standard InChI is InChI=1S/C12H13FN4O/c13-10-3-1-2-9(4-10)5-15-12(18)8-17-7-11(14)6-16-17/h1-4,6-7H,5,8,14H2,(H,15,18). The molecule has 1 heterocycles. The van der Waals surface area contributed by atoms with Gasteiger partial charge < -0.3 is 11.1 Å². The van der Waals surface area contributed by atoms with Crippen molar-refractivity contribution in [1.82, 2.24) is 15.1 Å². The lowest BCUT2D eigenvalue weighted by molar-refractivity contribution is -0.122. The van der Waals surface area contributed by atoms with E-state index in [1.807, 2.05) is 0 Å². The number of rotatable bonds is 4. The van der Waals surface area contributed by atoms with Crippen LogP contribution in [0.2, 0.25) is 0 Å². The number of hydrogen-bond acceptors (Lipinski definition) is 3. The molecule has 0 saturated carbocycles. The van der Waals surface area contributed by atoms with E-state index >= 15 is 0 Å². The van der Waals surface area contributed by atoms with Crippen molar-refractivity contribution in [2.24, 2.45) is 0 Å². The Bertz CT molecular complexity index is 553. The molecule has 0 radical (unpaired) electrons. The second-order valence-corrected chi connectivity index (χ2v) is 3.88. The Balaban J connectivity index is 1.85. The maximum Gasteiger partial charge on any atom is 0.241 e. The van der Waals surface area contributed by atoms with Gasteiger partial charge >= 0.3 is 0 Å². The van der Waals surface area contributed by atoms with E-state index in [2.05, 4.69) is 10.4 Å². The number of nitrogen functional groups attached to an aromatic ring is 1. The zero-order valence-corrected chi connectivity index (χ0v) is 9.64. The Morgan fingerprint density at radius 3 is 3.00 bits per heavy atom. The van der Waals surface area contributed by atoms with Crippen LogP contribution in [-0.2, 0) is 17.9 Å². The fraction of sp³-hybridized carbons (Fsp3) is 0.167. The Labute approximate surface area is 103 Å². The molecule has 0 atom stereocenters. The van der Waals surface area contributed by atoms with Crippen LogP contribution >= 0.6 is 0 Å². The minimum absolute atomic E-state index is 0.0898. The third kappa shape index (κ3) is 3.31. The molecule has 5 nitrogen and oxygen atoms in total. The van der Waals surface area contributed by atoms with Crippen LogP contribution in [0.15, 0.2) is 36.7 Å². The smallest absolute Gasteiger partial charge is 0.241 e. The van der Waals surface area contributed by atoms with E-state index in [1.54, 1.807) is 18.3 Å². The number of nitrogens with two attached hydrogens (primary N) is 1. The van der Waals surface area contributed by atoms with Crippen molar-refractivity contribution < 1.29 is 9.18 Å². The molecule has 0 aliphatic carbocycles. The molecular weight excluding hydrogens is 235 g/mol. The zero-order valence-electron chi connectivity index (χ0n) is 9.64. The number of anilines is 1. The molecular formula is C12H13FN4O. The van der Waals surface area contributed by atoms with Crippen molar-refractivity contribution in [3.05, 3.63) is 48.0 Å². The molecule has 0 bridgehead atoms. The van der Waals surface area contributed by atoms with Crippen molar-refractivity contribution in [1.29, 1.82) is 0 Å². The summed E-state index contributed by atoms with van der Waals surface area (Å²) in [5.41, 5.74) is 6.70. The summed E-state index contributed by atoms with van der Waals surface area (Å²) in [5.74, 6) is -0.524. The van der Waals surface area contributed by atoms with Crippen molar-refractivity contribution in [3.8, 4) is 0 Å². The number of nitrogens with one attached hydrogen (secondary N) is 1. The van der Waals surface area contributed by atoms with Gasteiger partial charge in [-0.2, -0.15) is 5.10 Å². The molecule has 18 heavy (non-hydrogen) atoms. The molecule has 0 fully saturated rings. The molecule has 2 rings (SSSR count). The van der Waals surface area contributed by atoms with E-state index < -0.39 is 0 Å². The lowest BCUT2D eigenvalue weighted by atomic mass is 10.2. The number of benzene rings is 1. The third-order valence-corrected chi connectivity index (χ3v) is 2.34. The largest absolute Gasteiger partial charge is 0.396 e. The minimum Gasteiger partial charge on any atom is -0.396 e. The molecule has 0 unspecified atom stereocenters. The van der Waals surface area contributed by atoms with Gasteiger partial charge in [-0.1, -0.05) is 12.1 Å². The van der Waals surface area contributed by atoms with Crippen LogP contribution in [-0.4, -0.2) is 15.7 Å². The van der Waals surface area contributed by atoms with Gasteiger partial charge in [-0.3, -0.25) is 9.48 Å². The quantitative estimate of drug-likeness (QED) is 0.845. The highest BCUT2D eigenvalue weighted by molar-refractivity contribution is 5.75. The van der Waals surface area contributed by atoms with E-state index in [1.165, 1.54) is 23.0 Å². The van der Waals surface area contributed by atoms with Crippen LogP contribution in [0.5, 0.6) is 0 Å². The van der Waals surface area contributed by atoms with E-state index in [0.717, 1.165) is 0 Å². The molecule has 2 aromatic rings. The first-order valence-corrected chi connectivity index (χ1v) is 5.42. The number of carbonyl (C=O) groups excluding carboxylic acids is 1. The summed E-state index contributed by atoms with van der Waals surface area (Å²) in [7, 11) is 0. The average molecular weight is 248 g/mol. The summed E-state index contributed by atoms with van der Waals surface area (Å²) in [6.45, 7) is 0.375. The summed E-state index contributed by atoms with van der Waals surface area (Å²) in [5, 5.41) is 6.57. The van der Waals surface area contributed by atoms with Gasteiger partial charge in [0.2, 0.25) is 5.91 Å². The van der Waals surface area contributed by atoms with Gasteiger partial charge in [0, 0.05) is 12.7 Å². The monoisotopic (exact) mass is 248 g/mol. The number of aromatic nitrogens is 2. The van der Waals surface area contributed by atoms with Crippen LogP contribution in [0, 0.1) is 5.82 Å². The summed E-state index contributed by atoms with van der Waals surface area (Å²) >= 11 is 0. The number of nitrogens with zero attached hydrogens (tertiary/aromatic N) is 2. The maximum atomic E-state index is 12.9. The summed E-state index contributed by atoms with van der Waals surface area (Å²) in [4.78, 5) is 11.6. The normalized spacial score (nSPS) is 10.3. The summed E-state index contributed by atoms with van der Waals surface area (Å²) in [6, 6.07) is 6.09. The highest BCUT2D eigenvalue weighted by Gasteiger charge is 2.04. The molecule has 1 amide bonds. The molecule has 3 N–H and O–H groups in total. The van der Waals surface area contributed by atoms with Crippen molar-refractivity contribution >= 4 is 11.6 Å². The van der Waals surface area contributed by atoms with E-state index in [-0.39, 0.29) is 24.8 Å². The predicted octanol–water partition coefficient (Wildman–Crippen LogP) is 0.921. The van der Waals surface area contributed by atoms with Gasteiger partial charge in [-0.25, -0.2) is 4.39 Å². The molecule has 0 aliphatic heterocycles. The number of amides is 1. The lowest BCUT2D eigenvalue weighted by Crippen LogP contribution is -2.27. The van der Waals surface area contributed by atoms with Crippen LogP contribution in [0.3, 0.4) is 0 Å². The molecule has 6 heteroatoms. The van der Waals surface area contributed by atoms with Gasteiger partial charge in [0.15, 0.2) is 0 Å². The van der Waals surface area contributed by atoms with Gasteiger partial charge in [0.05, 0.1) is 11.9 Å². The Morgan fingerprint density at radius 1 is 1.50 bits per heavy atom. The zero-order chi connectivity index (χ0) is 13.0. The van der Waals surface area contributed by atoms with Crippen LogP contribution in [0.4, 0.5) is 10.1 Å². The first-order chi connectivity index (χ1) is 8.63. The molecule has 0 spiro atoms. The molecule has 0 saturated heterocycles. The third-order valence-electron chi connectivity index (χ3n) is 2.34. The van der Waals surface area contributed by atoms with E-state index in [0.29, 0.717) is 11.3 Å². The van der Waals surface area contributed by atoms with Gasteiger partial charge in [0.25, 0.3) is 0 Å². The molecule has 1 aromatic carbocycles. The van der Waals surface area contributed by atoms with Gasteiger partial charge in [-0.15, -0.1) is 0 Å². The second-order valence-electron chi connectivity index (χ2n) is 3.88. The molecule has 94 valence electrons. The fourth-order valence-electron chi connectivity index (χ4n) is 1.52. The number of carbonyl (C=O) groups is 1. The Hall–Kier alpha value is -2.37. The van der Waals surface area contributed by atoms with E-state index in [9.17, 15) is 9.18 Å². The van der Waals surface area contributed by atoms with Crippen molar-refractivity contribution in [2.75, 3.05) is 5.73 Å². The van der Waals surface area contributed by atoms with E-state index in [4.69, 9.17) is 5.73 Å². The van der Waals surface area contributed by atoms with Crippen LogP contribution in [0.1, 0.15) is 5.56 Å². The summed E-state index contributed by atoms with van der Waals surface area (Å²) < 4.78 is 14.3. The lowest BCUT2D eigenvalue weighted by Gasteiger charge is -2.05. The fourth-order valence-corrected chi connectivity index (χ4v) is 1.52. The van der Waals surface area contributed by atoms with Crippen LogP contribution < -0.4 is 11.1 Å². The van der Waals surface area contributed by atoms with Crippen molar-refractivity contribution in [3.63, 3.8) is 0 Å². The predicted molar refractivity (Wildman–Crippen MR) is 64.9 cm³/mol. The topological polar surface area (TPSA) is 72.9 Å². The minimum atomic E-state index is -0.318. The first-order valence-electron chi connectivity index (χ1n) is 5.42. The number of hydrogen-bond donors (Lipinski definition) is 2. The van der Waals surface area contributed by atoms with Crippen LogP contribution in [0.25, 0.3) is 0 Å². The summed E-state index contributed by atoms with van der Waals surface area (Å²) in [6.07, 6.45) is 3.04. The first kappa shape index (κ1) is 12.1. The molecule has 0 aliphatic rings. The SMILES string of the molecule is Nc1cnn(CC(=O)NCc2cccc(F)c2)c1. The molecule has 1 aromatic heterocycles. The van der Waals surface area contributed by atoms with Gasteiger partial charge in [-0.05, 0) is 17.7 Å². The van der Waals surface area contributed by atoms with Gasteiger partial charge in [0.1, 0.15) is 12.4 Å². The highest BCUT2D eigenvalue weighted by atomic mass is 19.1. The second kappa shape index (κ2) is 5.31. The highest BCUT2D eigenvalue weighted by Crippen LogP contribution is 2.03. The maximum absolute atomic E-state index is 12.9.